The summed E-state index contributed by atoms with van der Waals surface area (Å²) in [5.41, 5.74) is 0. The summed E-state index contributed by atoms with van der Waals surface area (Å²) in [6, 6.07) is 0. The highest BCUT2D eigenvalue weighted by Crippen LogP contribution is 2.11. The molecule has 1 saturated heterocycles. The molecule has 1 unspecified atom stereocenters. The number of likely N-dealkylation sites (tertiary alicyclic amines) is 1. The van der Waals surface area contributed by atoms with Crippen LogP contribution in [0.3, 0.4) is 0 Å². The highest BCUT2D eigenvalue weighted by molar-refractivity contribution is 5.92. The summed E-state index contributed by atoms with van der Waals surface area (Å²) < 4.78 is 19.1. The molecular formula is C19H27NO8. The van der Waals surface area contributed by atoms with E-state index in [1.54, 1.807) is 0 Å². The minimum absolute atomic E-state index is 0.171. The van der Waals surface area contributed by atoms with Gasteiger partial charge in [0.15, 0.2) is 0 Å². The molecule has 0 amide bonds. The molecule has 0 aromatic heterocycles. The quantitative estimate of drug-likeness (QED) is 0.300. The Labute approximate surface area is 164 Å². The molecule has 1 fully saturated rings. The summed E-state index contributed by atoms with van der Waals surface area (Å²) in [6.07, 6.45) is 7.02. The van der Waals surface area contributed by atoms with E-state index in [2.05, 4.69) is 14.4 Å². The van der Waals surface area contributed by atoms with E-state index in [1.807, 2.05) is 0 Å². The zero-order chi connectivity index (χ0) is 20.8. The van der Waals surface area contributed by atoms with Crippen LogP contribution < -0.4 is 0 Å². The highest BCUT2D eigenvalue weighted by atomic mass is 16.6. The van der Waals surface area contributed by atoms with E-state index in [-0.39, 0.29) is 6.61 Å². The van der Waals surface area contributed by atoms with E-state index in [1.165, 1.54) is 20.6 Å². The third-order valence-corrected chi connectivity index (χ3v) is 4.02. The van der Waals surface area contributed by atoms with Gasteiger partial charge in [-0.25, -0.2) is 19.2 Å². The first-order chi connectivity index (χ1) is 13.4. The zero-order valence-corrected chi connectivity index (χ0v) is 16.3. The molecule has 28 heavy (non-hydrogen) atoms. The van der Waals surface area contributed by atoms with Gasteiger partial charge in [-0.1, -0.05) is 6.42 Å². The first kappa shape index (κ1) is 23.4. The van der Waals surface area contributed by atoms with Crippen LogP contribution in [0.4, 0.5) is 0 Å². The first-order valence-corrected chi connectivity index (χ1v) is 9.06. The minimum atomic E-state index is -0.755. The smallest absolute Gasteiger partial charge is 0.331 e. The average Bonchev–Trinajstić information content (AvgIpc) is 2.72. The molecular weight excluding hydrogens is 370 g/mol. The second-order valence-corrected chi connectivity index (χ2v) is 6.09. The largest absolute Gasteiger partial charge is 0.466 e. The summed E-state index contributed by atoms with van der Waals surface area (Å²) >= 11 is 0. The van der Waals surface area contributed by atoms with Crippen LogP contribution in [0.15, 0.2) is 24.3 Å². The van der Waals surface area contributed by atoms with E-state index < -0.39 is 30.0 Å². The van der Waals surface area contributed by atoms with Crippen LogP contribution in [0.1, 0.15) is 25.7 Å². The predicted molar refractivity (Wildman–Crippen MR) is 98.1 cm³/mol. The molecule has 9 nitrogen and oxygen atoms in total. The van der Waals surface area contributed by atoms with E-state index >= 15 is 0 Å². The van der Waals surface area contributed by atoms with Gasteiger partial charge in [-0.15, -0.1) is 0 Å². The Kier molecular flexibility index (Phi) is 11.2. The van der Waals surface area contributed by atoms with Crippen molar-refractivity contribution in [1.29, 1.82) is 0 Å². The van der Waals surface area contributed by atoms with Crippen LogP contribution in [-0.4, -0.2) is 75.3 Å². The lowest BCUT2D eigenvalue weighted by molar-refractivity contribution is -0.153. The number of esters is 4. The molecule has 0 N–H and O–H groups in total. The third kappa shape index (κ3) is 10.5. The number of carbonyl (C=O) groups is 4. The fourth-order valence-corrected chi connectivity index (χ4v) is 2.52. The number of ether oxygens (including phenoxy) is 4. The molecule has 1 atom stereocenters. The number of rotatable bonds is 10. The van der Waals surface area contributed by atoms with Crippen molar-refractivity contribution < 1.29 is 38.1 Å². The lowest BCUT2D eigenvalue weighted by Gasteiger charge is -2.28. The van der Waals surface area contributed by atoms with Gasteiger partial charge < -0.3 is 23.8 Å². The van der Waals surface area contributed by atoms with Gasteiger partial charge in [0.05, 0.1) is 14.2 Å². The maximum absolute atomic E-state index is 11.9. The van der Waals surface area contributed by atoms with Crippen molar-refractivity contribution in [2.75, 3.05) is 40.5 Å². The minimum Gasteiger partial charge on any atom is -0.466 e. The highest BCUT2D eigenvalue weighted by Gasteiger charge is 2.18. The topological polar surface area (TPSA) is 108 Å². The van der Waals surface area contributed by atoms with Crippen molar-refractivity contribution in [2.45, 2.75) is 31.8 Å². The number of hydrogen-bond donors (Lipinski definition) is 0. The summed E-state index contributed by atoms with van der Waals surface area (Å²) in [5, 5.41) is 0. The Morgan fingerprint density at radius 2 is 1.36 bits per heavy atom. The molecule has 156 valence electrons. The average molecular weight is 397 g/mol. The normalized spacial score (nSPS) is 15.9. The lowest BCUT2D eigenvalue weighted by atomic mass is 10.1. The third-order valence-electron chi connectivity index (χ3n) is 4.02. The lowest BCUT2D eigenvalue weighted by Crippen LogP contribution is -2.34. The van der Waals surface area contributed by atoms with Crippen molar-refractivity contribution in [3.63, 3.8) is 0 Å². The first-order valence-electron chi connectivity index (χ1n) is 9.06. The predicted octanol–water partition coefficient (Wildman–Crippen LogP) is 0.776. The van der Waals surface area contributed by atoms with E-state index in [0.717, 1.165) is 50.2 Å². The Morgan fingerprint density at radius 3 is 1.93 bits per heavy atom. The molecule has 0 aromatic rings. The molecule has 0 saturated carbocycles. The second-order valence-electron chi connectivity index (χ2n) is 6.09. The van der Waals surface area contributed by atoms with E-state index in [0.29, 0.717) is 13.0 Å². The summed E-state index contributed by atoms with van der Waals surface area (Å²) in [4.78, 5) is 47.9. The van der Waals surface area contributed by atoms with Gasteiger partial charge in [0.1, 0.15) is 12.7 Å². The van der Waals surface area contributed by atoms with Crippen molar-refractivity contribution in [1.82, 2.24) is 4.90 Å². The van der Waals surface area contributed by atoms with Crippen molar-refractivity contribution in [3.8, 4) is 0 Å². The van der Waals surface area contributed by atoms with Gasteiger partial charge in [0, 0.05) is 37.3 Å². The maximum Gasteiger partial charge on any atom is 0.331 e. The molecule has 0 spiro atoms. The van der Waals surface area contributed by atoms with Crippen LogP contribution in [0.2, 0.25) is 0 Å². The van der Waals surface area contributed by atoms with Crippen molar-refractivity contribution in [2.24, 2.45) is 0 Å². The Hall–Kier alpha value is -2.68. The molecule has 0 aliphatic carbocycles. The Bertz CT molecular complexity index is 593. The second kappa shape index (κ2) is 13.5. The number of methoxy groups -OCH3 is 2. The number of hydrogen-bond acceptors (Lipinski definition) is 9. The SMILES string of the molecule is COC(=O)/C=C/C(=O)OCC(CCN1CCCCC1)OC(=O)/C=C/C(=O)OC. The van der Waals surface area contributed by atoms with Crippen LogP contribution in [0.5, 0.6) is 0 Å². The zero-order valence-electron chi connectivity index (χ0n) is 16.3. The fraction of sp³-hybridized carbons (Fsp3) is 0.579. The van der Waals surface area contributed by atoms with Crippen LogP contribution in [-0.2, 0) is 38.1 Å². The molecule has 0 radical (unpaired) electrons. The summed E-state index contributed by atoms with van der Waals surface area (Å²) in [6.45, 7) is 2.47. The van der Waals surface area contributed by atoms with Crippen LogP contribution in [0.25, 0.3) is 0 Å². The van der Waals surface area contributed by atoms with Crippen molar-refractivity contribution in [3.05, 3.63) is 24.3 Å². The van der Waals surface area contributed by atoms with Gasteiger partial charge in [0.25, 0.3) is 0 Å². The van der Waals surface area contributed by atoms with E-state index in [9.17, 15) is 19.2 Å². The maximum atomic E-state index is 11.9. The van der Waals surface area contributed by atoms with Crippen LogP contribution >= 0.6 is 0 Å². The standard InChI is InChI=1S/C19H27NO8/c1-25-16(21)6-8-18(23)27-14-15(10-13-20-11-4-3-5-12-20)28-19(24)9-7-17(22)26-2/h6-9,15H,3-5,10-14H2,1-2H3/b8-6+,9-7+. The van der Waals surface area contributed by atoms with E-state index in [4.69, 9.17) is 9.47 Å². The molecule has 0 bridgehead atoms. The molecule has 0 aromatic carbocycles. The number of piperidine rings is 1. The molecule has 1 aliphatic rings. The van der Waals surface area contributed by atoms with Gasteiger partial charge in [-0.3, -0.25) is 0 Å². The number of nitrogens with zero attached hydrogens (tertiary/aromatic N) is 1. The summed E-state index contributed by atoms with van der Waals surface area (Å²) in [7, 11) is 2.39. The van der Waals surface area contributed by atoms with Gasteiger partial charge in [-0.05, 0) is 25.9 Å². The molecule has 1 rings (SSSR count). The fourth-order valence-electron chi connectivity index (χ4n) is 2.52. The molecule has 9 heteroatoms. The van der Waals surface area contributed by atoms with Gasteiger partial charge in [0.2, 0.25) is 0 Å². The van der Waals surface area contributed by atoms with Gasteiger partial charge in [-0.2, -0.15) is 0 Å². The Morgan fingerprint density at radius 1 is 0.821 bits per heavy atom. The monoisotopic (exact) mass is 397 g/mol. The van der Waals surface area contributed by atoms with Crippen LogP contribution in [0, 0.1) is 0 Å². The number of carbonyl (C=O) groups excluding carboxylic acids is 4. The molecule has 1 aliphatic heterocycles. The molecule has 1 heterocycles. The Balaban J connectivity index is 2.57. The van der Waals surface area contributed by atoms with Gasteiger partial charge >= 0.3 is 23.9 Å². The van der Waals surface area contributed by atoms with Crippen molar-refractivity contribution >= 4 is 23.9 Å². The summed E-state index contributed by atoms with van der Waals surface area (Å²) in [5.74, 6) is -2.86.